The van der Waals surface area contributed by atoms with Crippen LogP contribution in [0.2, 0.25) is 0 Å². The average Bonchev–Trinajstić information content (AvgIpc) is 3.06. The molecule has 0 amide bonds. The van der Waals surface area contributed by atoms with E-state index in [-0.39, 0.29) is 5.57 Å². The third-order valence-electron chi connectivity index (χ3n) is 5.64. The predicted molar refractivity (Wildman–Crippen MR) is 91.2 cm³/mol. The van der Waals surface area contributed by atoms with Gasteiger partial charge in [-0.3, -0.25) is 0 Å². The van der Waals surface area contributed by atoms with E-state index in [0.29, 0.717) is 6.42 Å². The minimum Gasteiger partial charge on any atom is -0.471 e. The lowest BCUT2D eigenvalue weighted by atomic mass is 9.78. The highest BCUT2D eigenvalue weighted by Gasteiger charge is 2.54. The molecule has 2 aliphatic heterocycles. The zero-order valence-corrected chi connectivity index (χ0v) is 15.5. The lowest BCUT2D eigenvalue weighted by Gasteiger charge is -2.44. The molecule has 0 radical (unpaired) electrons. The van der Waals surface area contributed by atoms with E-state index in [0.717, 1.165) is 0 Å². The Kier molecular flexibility index (Phi) is 6.11. The van der Waals surface area contributed by atoms with Crippen LogP contribution in [-0.2, 0) is 23.7 Å². The van der Waals surface area contributed by atoms with Gasteiger partial charge in [-0.1, -0.05) is 19.1 Å². The van der Waals surface area contributed by atoms with Crippen molar-refractivity contribution < 1.29 is 49.3 Å². The van der Waals surface area contributed by atoms with Crippen LogP contribution in [0.5, 0.6) is 0 Å². The summed E-state index contributed by atoms with van der Waals surface area (Å²) in [5.41, 5.74) is -1.14. The molecule has 0 saturated carbocycles. The van der Waals surface area contributed by atoms with E-state index in [1.54, 1.807) is 19.1 Å². The predicted octanol–water partition coefficient (Wildman–Crippen LogP) is -1.84. The van der Waals surface area contributed by atoms with Crippen molar-refractivity contribution in [3.8, 4) is 0 Å². The van der Waals surface area contributed by atoms with Crippen LogP contribution >= 0.6 is 0 Å². The van der Waals surface area contributed by atoms with Gasteiger partial charge < -0.3 is 44.5 Å². The molecule has 0 aromatic carbocycles. The normalized spacial score (nSPS) is 45.2. The fraction of sp³-hybridized carbons (Fsp3) is 0.722. The molecule has 1 fully saturated rings. The summed E-state index contributed by atoms with van der Waals surface area (Å²) in [7, 11) is 1.24. The maximum absolute atomic E-state index is 12.0. The summed E-state index contributed by atoms with van der Waals surface area (Å²) in [4.78, 5) is 12.0. The highest BCUT2D eigenvalue weighted by molar-refractivity contribution is 5.89. The van der Waals surface area contributed by atoms with Crippen LogP contribution in [-0.4, -0.2) is 87.8 Å². The Bertz CT molecular complexity index is 646. The van der Waals surface area contributed by atoms with Gasteiger partial charge in [-0.2, -0.15) is 0 Å². The van der Waals surface area contributed by atoms with Crippen molar-refractivity contribution in [3.63, 3.8) is 0 Å². The van der Waals surface area contributed by atoms with Gasteiger partial charge in [-0.25, -0.2) is 4.79 Å². The molecule has 1 aliphatic carbocycles. The molecule has 3 rings (SSSR count). The smallest absolute Gasteiger partial charge is 0.337 e. The number of allylic oxidation sites excluding steroid dienone is 1. The number of esters is 1. The zero-order valence-electron chi connectivity index (χ0n) is 15.5. The van der Waals surface area contributed by atoms with E-state index in [1.807, 2.05) is 0 Å². The van der Waals surface area contributed by atoms with E-state index < -0.39 is 67.0 Å². The van der Waals surface area contributed by atoms with Gasteiger partial charge in [0, 0.05) is 5.92 Å². The Morgan fingerprint density at radius 1 is 1.21 bits per heavy atom. The van der Waals surface area contributed by atoms with Gasteiger partial charge in [0.25, 0.3) is 0 Å². The number of methoxy groups -OCH3 is 1. The lowest BCUT2D eigenvalue weighted by Crippen LogP contribution is -2.61. The second-order valence-electron chi connectivity index (χ2n) is 7.16. The van der Waals surface area contributed by atoms with E-state index in [9.17, 15) is 30.3 Å². The third kappa shape index (κ3) is 3.45. The first kappa shape index (κ1) is 21.2. The fourth-order valence-corrected chi connectivity index (χ4v) is 3.90. The summed E-state index contributed by atoms with van der Waals surface area (Å²) < 4.78 is 21.3. The summed E-state index contributed by atoms with van der Waals surface area (Å²) in [5, 5.41) is 50.3. The lowest BCUT2D eigenvalue weighted by molar-refractivity contribution is -0.346. The first-order valence-corrected chi connectivity index (χ1v) is 9.09. The van der Waals surface area contributed by atoms with Gasteiger partial charge in [0.15, 0.2) is 6.29 Å². The number of aliphatic hydroxyl groups is 5. The van der Waals surface area contributed by atoms with Crippen LogP contribution in [0.4, 0.5) is 0 Å². The molecule has 28 heavy (non-hydrogen) atoms. The molecule has 2 heterocycles. The number of ether oxygens (including phenoxy) is 4. The van der Waals surface area contributed by atoms with Crippen molar-refractivity contribution >= 4 is 5.97 Å². The molecule has 10 heteroatoms. The van der Waals surface area contributed by atoms with E-state index in [2.05, 4.69) is 0 Å². The Labute approximate surface area is 161 Å². The Balaban J connectivity index is 1.85. The molecule has 0 aromatic heterocycles. The van der Waals surface area contributed by atoms with Crippen molar-refractivity contribution in [1.29, 1.82) is 0 Å². The second-order valence-corrected chi connectivity index (χ2v) is 7.16. The topological polar surface area (TPSA) is 155 Å². The Hall–Kier alpha value is -1.53. The molecular formula is C18H26O10. The standard InChI is InChI=1S/C18H26O10/c1-3-18(24)5-4-8-9(15(23)25-2)7-26-16(11(8)18)28-17-14(22)13(21)12(20)10(6-19)27-17/h4-5,7-8,10-14,16-17,19-22,24H,3,6H2,1-2H3/t8-,10+,11-,12+,13-,14+,16-,17-,18-/m0/s1. The van der Waals surface area contributed by atoms with Gasteiger partial charge >= 0.3 is 5.97 Å². The molecule has 5 N–H and O–H groups in total. The van der Waals surface area contributed by atoms with Gasteiger partial charge in [-0.05, 0) is 6.42 Å². The van der Waals surface area contributed by atoms with E-state index in [4.69, 9.17) is 18.9 Å². The molecular weight excluding hydrogens is 376 g/mol. The summed E-state index contributed by atoms with van der Waals surface area (Å²) in [6.45, 7) is 1.16. The van der Waals surface area contributed by atoms with Crippen LogP contribution in [0.25, 0.3) is 0 Å². The molecule has 158 valence electrons. The minimum absolute atomic E-state index is 0.210. The maximum Gasteiger partial charge on any atom is 0.337 e. The van der Waals surface area contributed by atoms with Crippen molar-refractivity contribution in [2.75, 3.05) is 13.7 Å². The van der Waals surface area contributed by atoms with Gasteiger partial charge in [-0.15, -0.1) is 0 Å². The van der Waals surface area contributed by atoms with E-state index >= 15 is 0 Å². The summed E-state index contributed by atoms with van der Waals surface area (Å²) in [6, 6.07) is 0. The Morgan fingerprint density at radius 3 is 2.54 bits per heavy atom. The van der Waals surface area contributed by atoms with Crippen molar-refractivity contribution in [3.05, 3.63) is 24.0 Å². The van der Waals surface area contributed by atoms with Gasteiger partial charge in [0.2, 0.25) is 6.29 Å². The van der Waals surface area contributed by atoms with Crippen molar-refractivity contribution in [1.82, 2.24) is 0 Å². The highest BCUT2D eigenvalue weighted by Crippen LogP contribution is 2.47. The summed E-state index contributed by atoms with van der Waals surface area (Å²) in [5.74, 6) is -1.91. The first-order chi connectivity index (χ1) is 13.3. The number of fused-ring (bicyclic) bond motifs is 1. The highest BCUT2D eigenvalue weighted by atomic mass is 16.8. The minimum atomic E-state index is -1.62. The van der Waals surface area contributed by atoms with Crippen LogP contribution in [0, 0.1) is 11.8 Å². The van der Waals surface area contributed by atoms with Gasteiger partial charge in [0.1, 0.15) is 24.4 Å². The summed E-state index contributed by atoms with van der Waals surface area (Å²) in [6.07, 6.45) is -3.75. The largest absolute Gasteiger partial charge is 0.471 e. The molecule has 10 nitrogen and oxygen atoms in total. The average molecular weight is 402 g/mol. The maximum atomic E-state index is 12.0. The van der Waals surface area contributed by atoms with Crippen molar-refractivity contribution in [2.24, 2.45) is 11.8 Å². The molecule has 0 spiro atoms. The molecule has 0 unspecified atom stereocenters. The van der Waals surface area contributed by atoms with Crippen LogP contribution in [0.3, 0.4) is 0 Å². The number of carbonyl (C=O) groups excluding carboxylic acids is 1. The number of rotatable bonds is 5. The van der Waals surface area contributed by atoms with Crippen LogP contribution < -0.4 is 0 Å². The van der Waals surface area contributed by atoms with Crippen LogP contribution in [0.15, 0.2) is 24.0 Å². The molecule has 0 aromatic rings. The Morgan fingerprint density at radius 2 is 1.93 bits per heavy atom. The summed E-state index contributed by atoms with van der Waals surface area (Å²) >= 11 is 0. The molecule has 3 aliphatic rings. The van der Waals surface area contributed by atoms with Gasteiger partial charge in [0.05, 0.1) is 37.1 Å². The first-order valence-electron chi connectivity index (χ1n) is 9.09. The molecule has 0 bridgehead atoms. The zero-order chi connectivity index (χ0) is 20.6. The molecule has 1 saturated heterocycles. The number of hydrogen-bond donors (Lipinski definition) is 5. The monoisotopic (exact) mass is 402 g/mol. The third-order valence-corrected chi connectivity index (χ3v) is 5.64. The van der Waals surface area contributed by atoms with Crippen molar-refractivity contribution in [2.45, 2.75) is 55.9 Å². The fourth-order valence-electron chi connectivity index (χ4n) is 3.90. The SMILES string of the molecule is CC[C@]1(O)C=C[C@H]2C(C(=O)OC)=CO[C@@H](O[C@@H]3O[C@H](CO)[C@@H](O)[C@H](O)[C@H]3O)[C@H]21. The number of carbonyl (C=O) groups is 1. The quantitative estimate of drug-likeness (QED) is 0.262. The second kappa shape index (κ2) is 8.07. The van der Waals surface area contributed by atoms with E-state index in [1.165, 1.54) is 13.4 Å². The number of aliphatic hydroxyl groups excluding tert-OH is 4. The molecule has 9 atom stereocenters. The van der Waals surface area contributed by atoms with Crippen LogP contribution in [0.1, 0.15) is 13.3 Å². The number of hydrogen-bond acceptors (Lipinski definition) is 10.